The Labute approximate surface area is 120 Å². The second-order valence-corrected chi connectivity index (χ2v) is 6.32. The fourth-order valence-electron chi connectivity index (χ4n) is 1.72. The molecule has 1 heterocycles. The van der Waals surface area contributed by atoms with Crippen LogP contribution in [0.2, 0.25) is 0 Å². The van der Waals surface area contributed by atoms with E-state index in [2.05, 4.69) is 10.1 Å². The average Bonchev–Trinajstić information content (AvgIpc) is 2.37. The van der Waals surface area contributed by atoms with Crippen molar-refractivity contribution >= 4 is 26.8 Å². The maximum atomic E-state index is 11.8. The number of sulfone groups is 1. The van der Waals surface area contributed by atoms with Crippen LogP contribution in [0.15, 0.2) is 23.1 Å². The highest BCUT2D eigenvalue weighted by molar-refractivity contribution is 7.90. The third-order valence-corrected chi connectivity index (χ3v) is 3.75. The van der Waals surface area contributed by atoms with Crippen molar-refractivity contribution in [3.05, 3.63) is 29.2 Å². The van der Waals surface area contributed by atoms with Crippen LogP contribution >= 0.6 is 0 Å². The van der Waals surface area contributed by atoms with Crippen molar-refractivity contribution in [2.45, 2.75) is 18.2 Å². The van der Waals surface area contributed by atoms with Crippen molar-refractivity contribution in [1.29, 1.82) is 0 Å². The minimum Gasteiger partial charge on any atom is -0.594 e. The van der Waals surface area contributed by atoms with E-state index in [4.69, 9.17) is 4.74 Å². The molecule has 0 saturated heterocycles. The topological polar surface area (TPSA) is 113 Å². The largest absolute Gasteiger partial charge is 0.594 e. The van der Waals surface area contributed by atoms with E-state index >= 15 is 0 Å². The molecule has 0 atom stereocenters. The average molecular weight is 311 g/mol. The first-order chi connectivity index (χ1) is 9.81. The number of hydrogen-bond acceptors (Lipinski definition) is 7. The zero-order valence-electron chi connectivity index (χ0n) is 11.4. The summed E-state index contributed by atoms with van der Waals surface area (Å²) in [4.78, 5) is 15.8. The van der Waals surface area contributed by atoms with Gasteiger partial charge in [-0.25, -0.2) is 13.4 Å². The third-order valence-electron chi connectivity index (χ3n) is 2.64. The van der Waals surface area contributed by atoms with Crippen molar-refractivity contribution in [3.63, 3.8) is 0 Å². The molecule has 0 amide bonds. The fraction of sp³-hybridized carbons (Fsp3) is 0.333. The van der Waals surface area contributed by atoms with Gasteiger partial charge >= 0.3 is 5.97 Å². The maximum Gasteiger partial charge on any atom is 0.313 e. The van der Waals surface area contributed by atoms with E-state index in [1.807, 2.05) is 0 Å². The smallest absolute Gasteiger partial charge is 0.313 e. The molecule has 0 N–H and O–H groups in total. The molecule has 0 aliphatic heterocycles. The number of rotatable bonds is 4. The molecule has 9 heteroatoms. The van der Waals surface area contributed by atoms with Gasteiger partial charge in [-0.3, -0.25) is 4.79 Å². The van der Waals surface area contributed by atoms with Crippen molar-refractivity contribution in [2.75, 3.05) is 12.9 Å². The molecule has 8 nitrogen and oxygen atoms in total. The van der Waals surface area contributed by atoms with Crippen molar-refractivity contribution in [2.24, 2.45) is 0 Å². The van der Waals surface area contributed by atoms with Gasteiger partial charge < -0.3 is 9.94 Å². The number of esters is 1. The van der Waals surface area contributed by atoms with E-state index in [0.29, 0.717) is 4.85 Å². The van der Waals surface area contributed by atoms with Gasteiger partial charge in [-0.05, 0) is 23.9 Å². The summed E-state index contributed by atoms with van der Waals surface area (Å²) in [6.07, 6.45) is 0.801. The van der Waals surface area contributed by atoms with E-state index in [1.165, 1.54) is 18.2 Å². The predicted octanol–water partition coefficient (Wildman–Crippen LogP) is -0.228. The summed E-state index contributed by atoms with van der Waals surface area (Å²) in [6.45, 7) is 1.87. The molecular weight excluding hydrogens is 298 g/mol. The number of ether oxygens (including phenoxy) is 1. The summed E-state index contributed by atoms with van der Waals surface area (Å²) >= 11 is 0. The van der Waals surface area contributed by atoms with Gasteiger partial charge in [0, 0.05) is 17.4 Å². The van der Waals surface area contributed by atoms with Crippen LogP contribution in [0.5, 0.6) is 0 Å². The van der Waals surface area contributed by atoms with Crippen molar-refractivity contribution in [1.82, 2.24) is 10.1 Å². The number of aromatic nitrogens is 3. The molecule has 2 aromatic rings. The number of fused-ring (bicyclic) bond motifs is 1. The monoisotopic (exact) mass is 311 g/mol. The molecule has 0 fully saturated rings. The highest BCUT2D eigenvalue weighted by atomic mass is 32.2. The number of benzene rings is 1. The first-order valence-electron chi connectivity index (χ1n) is 6.07. The molecule has 1 aromatic heterocycles. The SMILES string of the molecule is CCOC(=O)Cc1nc2cc(S(C)(=O)=O)ccc2[n+]([O-])n1. The van der Waals surface area contributed by atoms with Crippen LogP contribution in [0, 0.1) is 5.21 Å². The number of carbonyl (C=O) groups excluding carboxylic acids is 1. The van der Waals surface area contributed by atoms with Crippen LogP contribution in [0.4, 0.5) is 0 Å². The fourth-order valence-corrected chi connectivity index (χ4v) is 2.36. The molecule has 0 bridgehead atoms. The molecule has 112 valence electrons. The first-order valence-corrected chi connectivity index (χ1v) is 7.96. The number of carbonyl (C=O) groups is 1. The van der Waals surface area contributed by atoms with Gasteiger partial charge in [-0.1, -0.05) is 0 Å². The zero-order chi connectivity index (χ0) is 15.6. The lowest BCUT2D eigenvalue weighted by atomic mass is 10.3. The van der Waals surface area contributed by atoms with Gasteiger partial charge in [0.1, 0.15) is 11.9 Å². The van der Waals surface area contributed by atoms with Crippen molar-refractivity contribution in [3.8, 4) is 0 Å². The Balaban J connectivity index is 2.49. The Morgan fingerprint density at radius 1 is 1.43 bits per heavy atom. The highest BCUT2D eigenvalue weighted by Gasteiger charge is 2.17. The first kappa shape index (κ1) is 15.1. The molecule has 0 saturated carbocycles. The normalized spacial score (nSPS) is 11.5. The Hall–Kier alpha value is -2.29. The molecule has 0 radical (unpaired) electrons. The van der Waals surface area contributed by atoms with Crippen molar-refractivity contribution < 1.29 is 22.8 Å². The second-order valence-electron chi connectivity index (χ2n) is 4.31. The quantitative estimate of drug-likeness (QED) is 0.435. The molecular formula is C12H13N3O5S. The Bertz CT molecular complexity index is 804. The molecule has 0 spiro atoms. The summed E-state index contributed by atoms with van der Waals surface area (Å²) in [7, 11) is -3.41. The van der Waals surface area contributed by atoms with Crippen LogP contribution in [-0.4, -0.2) is 37.3 Å². The van der Waals surface area contributed by atoms with E-state index in [1.54, 1.807) is 6.92 Å². The molecule has 0 unspecified atom stereocenters. The van der Waals surface area contributed by atoms with Crippen LogP contribution in [0.1, 0.15) is 12.7 Å². The van der Waals surface area contributed by atoms with Gasteiger partial charge in [0.25, 0.3) is 5.52 Å². The number of hydrogen-bond donors (Lipinski definition) is 0. The van der Waals surface area contributed by atoms with E-state index in [0.717, 1.165) is 6.26 Å². The van der Waals surface area contributed by atoms with Crippen LogP contribution in [0.3, 0.4) is 0 Å². The third kappa shape index (κ3) is 3.43. The summed E-state index contributed by atoms with van der Waals surface area (Å²) in [5.74, 6) is -0.585. The summed E-state index contributed by atoms with van der Waals surface area (Å²) < 4.78 is 27.8. The lowest BCUT2D eigenvalue weighted by Gasteiger charge is -2.04. The van der Waals surface area contributed by atoms with Crippen LogP contribution in [0.25, 0.3) is 11.0 Å². The van der Waals surface area contributed by atoms with E-state index in [-0.39, 0.29) is 34.8 Å². The lowest BCUT2D eigenvalue weighted by molar-refractivity contribution is -0.644. The Morgan fingerprint density at radius 3 is 2.76 bits per heavy atom. The Kier molecular flexibility index (Phi) is 4.03. The van der Waals surface area contributed by atoms with E-state index < -0.39 is 15.8 Å². The standard InChI is InChI=1S/C12H13N3O5S/c1-3-20-12(16)7-11-13-9-6-8(21(2,18)19)4-5-10(9)15(17)14-11/h4-6H,3,7H2,1-2H3. The molecule has 0 aliphatic rings. The van der Waals surface area contributed by atoms with Gasteiger partial charge in [0.2, 0.25) is 5.82 Å². The van der Waals surface area contributed by atoms with Gasteiger partial charge in [-0.2, -0.15) is 0 Å². The Morgan fingerprint density at radius 2 is 2.14 bits per heavy atom. The molecule has 2 rings (SSSR count). The maximum absolute atomic E-state index is 11.8. The molecule has 21 heavy (non-hydrogen) atoms. The minimum absolute atomic E-state index is 0.0263. The van der Waals surface area contributed by atoms with Gasteiger partial charge in [0.05, 0.1) is 11.5 Å². The summed E-state index contributed by atoms with van der Waals surface area (Å²) in [6, 6.07) is 3.91. The molecule has 1 aromatic carbocycles. The van der Waals surface area contributed by atoms with Crippen LogP contribution in [-0.2, 0) is 25.8 Å². The van der Waals surface area contributed by atoms with Crippen LogP contribution < -0.4 is 4.85 Å². The second kappa shape index (κ2) is 5.60. The summed E-state index contributed by atoms with van der Waals surface area (Å²) in [5.41, 5.74) is 0.275. The van der Waals surface area contributed by atoms with Gasteiger partial charge in [-0.15, -0.1) is 0 Å². The minimum atomic E-state index is -3.41. The predicted molar refractivity (Wildman–Crippen MR) is 71.9 cm³/mol. The lowest BCUT2D eigenvalue weighted by Crippen LogP contribution is -2.34. The zero-order valence-corrected chi connectivity index (χ0v) is 12.3. The molecule has 0 aliphatic carbocycles. The van der Waals surface area contributed by atoms with E-state index in [9.17, 15) is 18.4 Å². The van der Waals surface area contributed by atoms with Gasteiger partial charge in [0.15, 0.2) is 9.84 Å². The summed E-state index contributed by atoms with van der Waals surface area (Å²) in [5, 5.41) is 15.4. The number of nitrogens with zero attached hydrogens (tertiary/aromatic N) is 3. The highest BCUT2D eigenvalue weighted by Crippen LogP contribution is 2.14.